The fraction of sp³-hybridized carbons (Fsp3) is 0.407. The molecule has 4 rings (SSSR count). The monoisotopic (exact) mass is 431 g/mol. The van der Waals surface area contributed by atoms with Crippen LogP contribution in [0.5, 0.6) is 0 Å². The summed E-state index contributed by atoms with van der Waals surface area (Å²) in [5, 5.41) is 1.20. The minimum Gasteiger partial charge on any atom is -0.361 e. The van der Waals surface area contributed by atoms with E-state index in [0.29, 0.717) is 25.4 Å². The molecule has 0 atom stereocenters. The van der Waals surface area contributed by atoms with E-state index in [0.717, 1.165) is 30.3 Å². The number of benzene rings is 2. The van der Waals surface area contributed by atoms with Gasteiger partial charge in [-0.05, 0) is 42.4 Å². The number of nitrogens with one attached hydrogen (secondary N) is 1. The lowest BCUT2D eigenvalue weighted by Crippen LogP contribution is -2.44. The van der Waals surface area contributed by atoms with Crippen LogP contribution in [0, 0.1) is 5.92 Å². The van der Waals surface area contributed by atoms with Gasteiger partial charge in [-0.1, -0.05) is 62.4 Å². The van der Waals surface area contributed by atoms with Crippen LogP contribution >= 0.6 is 0 Å². The number of fused-ring (bicyclic) bond motifs is 1. The second-order valence-corrected chi connectivity index (χ2v) is 9.26. The Balaban J connectivity index is 1.49. The molecule has 1 aliphatic carbocycles. The highest BCUT2D eigenvalue weighted by molar-refractivity contribution is 5.86. The molecular weight excluding hydrogens is 398 g/mol. The Labute approximate surface area is 190 Å². The summed E-state index contributed by atoms with van der Waals surface area (Å²) in [6, 6.07) is 18.6. The van der Waals surface area contributed by atoms with Crippen LogP contribution < -0.4 is 0 Å². The molecule has 5 nitrogen and oxygen atoms in total. The molecular formula is C27H33N3O2. The van der Waals surface area contributed by atoms with Crippen molar-refractivity contribution in [1.82, 2.24) is 14.8 Å². The van der Waals surface area contributed by atoms with Gasteiger partial charge in [-0.25, -0.2) is 0 Å². The van der Waals surface area contributed by atoms with Crippen LogP contribution in [-0.4, -0.2) is 45.7 Å². The average molecular weight is 432 g/mol. The lowest BCUT2D eigenvalue weighted by atomic mass is 10.1. The van der Waals surface area contributed by atoms with E-state index in [2.05, 4.69) is 29.2 Å². The zero-order valence-corrected chi connectivity index (χ0v) is 19.1. The van der Waals surface area contributed by atoms with Gasteiger partial charge in [0.1, 0.15) is 6.54 Å². The van der Waals surface area contributed by atoms with Gasteiger partial charge in [-0.2, -0.15) is 0 Å². The van der Waals surface area contributed by atoms with E-state index >= 15 is 0 Å². The maximum absolute atomic E-state index is 13.4. The molecule has 1 fully saturated rings. The van der Waals surface area contributed by atoms with Crippen molar-refractivity contribution in [2.24, 2.45) is 5.92 Å². The van der Waals surface area contributed by atoms with E-state index in [1.54, 1.807) is 0 Å². The number of hydrogen-bond acceptors (Lipinski definition) is 2. The van der Waals surface area contributed by atoms with Crippen molar-refractivity contribution in [3.05, 3.63) is 71.9 Å². The summed E-state index contributed by atoms with van der Waals surface area (Å²) in [5.74, 6) is 0.422. The zero-order valence-electron chi connectivity index (χ0n) is 19.1. The molecule has 0 spiro atoms. The summed E-state index contributed by atoms with van der Waals surface area (Å²) in [4.78, 5) is 33.3. The van der Waals surface area contributed by atoms with Crippen LogP contribution in [0.15, 0.2) is 60.8 Å². The Morgan fingerprint density at radius 1 is 1.00 bits per heavy atom. The van der Waals surface area contributed by atoms with Gasteiger partial charge in [0.25, 0.3) is 0 Å². The predicted molar refractivity (Wildman–Crippen MR) is 128 cm³/mol. The van der Waals surface area contributed by atoms with E-state index in [1.165, 1.54) is 10.9 Å². The molecule has 32 heavy (non-hydrogen) atoms. The van der Waals surface area contributed by atoms with Gasteiger partial charge < -0.3 is 14.8 Å². The van der Waals surface area contributed by atoms with E-state index in [9.17, 15) is 9.59 Å². The minimum absolute atomic E-state index is 0.0256. The summed E-state index contributed by atoms with van der Waals surface area (Å²) in [6.45, 7) is 5.45. The van der Waals surface area contributed by atoms with Crippen molar-refractivity contribution in [2.45, 2.75) is 52.1 Å². The molecule has 0 saturated heterocycles. The predicted octanol–water partition coefficient (Wildman–Crippen LogP) is 4.78. The van der Waals surface area contributed by atoms with Crippen LogP contribution in [0.4, 0.5) is 0 Å². The van der Waals surface area contributed by atoms with Crippen molar-refractivity contribution in [3.8, 4) is 0 Å². The van der Waals surface area contributed by atoms with Crippen molar-refractivity contribution in [2.75, 3.05) is 13.1 Å². The minimum atomic E-state index is 0.0256. The van der Waals surface area contributed by atoms with E-state index < -0.39 is 0 Å². The molecule has 5 heteroatoms. The summed E-state index contributed by atoms with van der Waals surface area (Å²) in [6.07, 6.45) is 5.32. The van der Waals surface area contributed by atoms with Crippen molar-refractivity contribution in [3.63, 3.8) is 0 Å². The second kappa shape index (κ2) is 10.0. The molecule has 0 unspecified atom stereocenters. The first-order valence-electron chi connectivity index (χ1n) is 11.7. The molecule has 0 aliphatic heterocycles. The van der Waals surface area contributed by atoms with Gasteiger partial charge in [0.2, 0.25) is 11.8 Å². The normalized spacial score (nSPS) is 13.5. The van der Waals surface area contributed by atoms with Crippen molar-refractivity contribution in [1.29, 1.82) is 0 Å². The van der Waals surface area contributed by atoms with Crippen LogP contribution in [-0.2, 0) is 22.6 Å². The third-order valence-corrected chi connectivity index (χ3v) is 6.09. The van der Waals surface area contributed by atoms with E-state index in [-0.39, 0.29) is 24.4 Å². The van der Waals surface area contributed by atoms with Crippen molar-refractivity contribution >= 4 is 22.7 Å². The molecule has 1 aliphatic rings. The molecule has 3 aromatic rings. The molecule has 0 radical (unpaired) electrons. The summed E-state index contributed by atoms with van der Waals surface area (Å²) in [5.41, 5.74) is 3.43. The van der Waals surface area contributed by atoms with Gasteiger partial charge in [-0.3, -0.25) is 9.59 Å². The van der Waals surface area contributed by atoms with Gasteiger partial charge in [0, 0.05) is 42.7 Å². The molecule has 2 amide bonds. The maximum atomic E-state index is 13.4. The largest absolute Gasteiger partial charge is 0.361 e. The van der Waals surface area contributed by atoms with E-state index in [1.807, 2.05) is 60.2 Å². The third kappa shape index (κ3) is 5.58. The smallest absolute Gasteiger partial charge is 0.242 e. The number of rotatable bonds is 10. The maximum Gasteiger partial charge on any atom is 0.242 e. The highest BCUT2D eigenvalue weighted by atomic mass is 16.2. The molecule has 1 heterocycles. The first kappa shape index (κ1) is 22.1. The molecule has 1 saturated carbocycles. The summed E-state index contributed by atoms with van der Waals surface area (Å²) in [7, 11) is 0. The zero-order chi connectivity index (χ0) is 22.5. The fourth-order valence-corrected chi connectivity index (χ4v) is 4.21. The van der Waals surface area contributed by atoms with Gasteiger partial charge in [0.15, 0.2) is 0 Å². The molecule has 168 valence electrons. The second-order valence-electron chi connectivity index (χ2n) is 9.26. The third-order valence-electron chi connectivity index (χ3n) is 6.09. The average Bonchev–Trinajstić information content (AvgIpc) is 3.54. The number of aromatic amines is 1. The number of hydrogen-bond donors (Lipinski definition) is 1. The topological polar surface area (TPSA) is 56.4 Å². The highest BCUT2D eigenvalue weighted by Gasteiger charge is 2.34. The quantitative estimate of drug-likeness (QED) is 0.502. The van der Waals surface area contributed by atoms with E-state index in [4.69, 9.17) is 0 Å². The Kier molecular flexibility index (Phi) is 6.93. The van der Waals surface area contributed by atoms with Gasteiger partial charge in [-0.15, -0.1) is 0 Å². The molecule has 2 aromatic carbocycles. The fourth-order valence-electron chi connectivity index (χ4n) is 4.21. The molecule has 1 N–H and O–H groups in total. The van der Waals surface area contributed by atoms with Crippen LogP contribution in [0.1, 0.15) is 44.2 Å². The number of carbonyl (C=O) groups is 2. The molecule has 0 bridgehead atoms. The lowest BCUT2D eigenvalue weighted by molar-refractivity contribution is -0.141. The molecule has 1 aromatic heterocycles. The summed E-state index contributed by atoms with van der Waals surface area (Å²) >= 11 is 0. The number of carbonyl (C=O) groups excluding carboxylic acids is 2. The highest BCUT2D eigenvalue weighted by Crippen LogP contribution is 2.28. The Hall–Kier alpha value is -3.08. The Morgan fingerprint density at radius 2 is 1.72 bits per heavy atom. The first-order chi connectivity index (χ1) is 15.5. The standard InChI is InChI=1S/C27H33N3O2/c1-20(2)16-26(31)30(23-12-13-23)19-27(32)29(18-21-8-4-3-5-9-21)15-14-22-17-28-25-11-7-6-10-24(22)25/h3-11,17,20,23,28H,12-16,18-19H2,1-2H3. The van der Waals surface area contributed by atoms with Gasteiger partial charge >= 0.3 is 0 Å². The van der Waals surface area contributed by atoms with Crippen molar-refractivity contribution < 1.29 is 9.59 Å². The van der Waals surface area contributed by atoms with Crippen LogP contribution in [0.25, 0.3) is 10.9 Å². The number of H-pyrrole nitrogens is 1. The first-order valence-corrected chi connectivity index (χ1v) is 11.7. The number of aromatic nitrogens is 1. The Morgan fingerprint density at radius 3 is 2.44 bits per heavy atom. The van der Waals surface area contributed by atoms with Gasteiger partial charge in [0.05, 0.1) is 0 Å². The number of amides is 2. The summed E-state index contributed by atoms with van der Waals surface area (Å²) < 4.78 is 0. The number of nitrogens with zero attached hydrogens (tertiary/aromatic N) is 2. The lowest BCUT2D eigenvalue weighted by Gasteiger charge is -2.28. The van der Waals surface area contributed by atoms with Crippen LogP contribution in [0.3, 0.4) is 0 Å². The Bertz CT molecular complexity index is 1050. The van der Waals surface area contributed by atoms with Crippen LogP contribution in [0.2, 0.25) is 0 Å². The number of para-hydroxylation sites is 1. The SMILES string of the molecule is CC(C)CC(=O)N(CC(=O)N(CCc1c[nH]c2ccccc12)Cc1ccccc1)C1CC1.